The second kappa shape index (κ2) is 10.3. The number of benzene rings is 6. The highest BCUT2D eigenvalue weighted by Gasteiger charge is 2.30. The maximum absolute atomic E-state index is 11.3. The molecule has 0 amide bonds. The minimum Gasteiger partial charge on any atom is -0.506 e. The molecule has 45 heavy (non-hydrogen) atoms. The number of hydrogen-bond acceptors (Lipinski definition) is 2. The van der Waals surface area contributed by atoms with Crippen LogP contribution in [0.4, 0.5) is 0 Å². The van der Waals surface area contributed by atoms with Crippen LogP contribution in [0.25, 0.3) is 44.5 Å². The van der Waals surface area contributed by atoms with Crippen molar-refractivity contribution in [2.24, 2.45) is 0 Å². The van der Waals surface area contributed by atoms with Gasteiger partial charge < -0.3 is 10.2 Å². The van der Waals surface area contributed by atoms with E-state index in [1.54, 1.807) is 0 Å². The summed E-state index contributed by atoms with van der Waals surface area (Å²) in [5, 5.41) is 23.2. The molecule has 0 aromatic heterocycles. The molecule has 2 aliphatic carbocycles. The van der Waals surface area contributed by atoms with Gasteiger partial charge in [0.1, 0.15) is 11.5 Å². The number of rotatable bonds is 4. The van der Waals surface area contributed by atoms with E-state index in [1.807, 2.05) is 24.3 Å². The average Bonchev–Trinajstić information content (AvgIpc) is 3.62. The Labute approximate surface area is 273 Å². The van der Waals surface area contributed by atoms with Crippen molar-refractivity contribution >= 4 is 23.2 Å². The number of aromatic hydroxyl groups is 2. The molecule has 0 radical (unpaired) electrons. The normalized spacial score (nSPS) is 12.9. The van der Waals surface area contributed by atoms with Crippen LogP contribution in [0.2, 0.25) is 10.0 Å². The first-order valence-corrected chi connectivity index (χ1v) is 15.9. The topological polar surface area (TPSA) is 40.5 Å². The van der Waals surface area contributed by atoms with Gasteiger partial charge in [-0.2, -0.15) is 0 Å². The van der Waals surface area contributed by atoms with Gasteiger partial charge in [0.2, 0.25) is 0 Å². The van der Waals surface area contributed by atoms with Crippen LogP contribution >= 0.6 is 23.2 Å². The standard InChI is InChI=1S/C41H30Cl2O2/c1-41(2,25-19-35(39(44)37(42)21-25)31-15-7-13-29-27-11-5-3-9-23(27)17-33(29)31)26-20-36(40(45)38(43)22-26)32-16-8-14-30-28-12-6-4-10-24(28)18-34(30)32/h3-16,19-22,44-45H,17-18H2,1-2H3. The van der Waals surface area contributed by atoms with Crippen LogP contribution in [-0.4, -0.2) is 10.2 Å². The van der Waals surface area contributed by atoms with Crippen molar-refractivity contribution in [2.75, 3.05) is 0 Å². The molecule has 6 aromatic rings. The molecule has 8 rings (SSSR count). The van der Waals surface area contributed by atoms with E-state index in [0.717, 1.165) is 35.1 Å². The SMILES string of the molecule is CC(C)(c1cc(Cl)c(O)c(-c2cccc3c2Cc2ccccc2-3)c1)c1cc(Cl)c(O)c(-c2cccc3c2Cc2ccccc2-3)c1. The van der Waals surface area contributed by atoms with Gasteiger partial charge in [-0.15, -0.1) is 0 Å². The van der Waals surface area contributed by atoms with Crippen molar-refractivity contribution in [3.8, 4) is 56.0 Å². The molecular formula is C41H30Cl2O2. The van der Waals surface area contributed by atoms with Crippen molar-refractivity contribution in [3.63, 3.8) is 0 Å². The molecule has 0 bridgehead atoms. The lowest BCUT2D eigenvalue weighted by Gasteiger charge is -2.29. The van der Waals surface area contributed by atoms with Gasteiger partial charge in [0.25, 0.3) is 0 Å². The first-order chi connectivity index (χ1) is 21.7. The van der Waals surface area contributed by atoms with Crippen LogP contribution < -0.4 is 0 Å². The fraction of sp³-hybridized carbons (Fsp3) is 0.122. The summed E-state index contributed by atoms with van der Waals surface area (Å²) in [7, 11) is 0. The van der Waals surface area contributed by atoms with E-state index in [4.69, 9.17) is 23.2 Å². The lowest BCUT2D eigenvalue weighted by Crippen LogP contribution is -2.19. The van der Waals surface area contributed by atoms with E-state index in [2.05, 4.69) is 98.8 Å². The van der Waals surface area contributed by atoms with Crippen molar-refractivity contribution in [3.05, 3.63) is 153 Å². The van der Waals surface area contributed by atoms with E-state index >= 15 is 0 Å². The molecule has 0 saturated heterocycles. The van der Waals surface area contributed by atoms with Gasteiger partial charge in [0.15, 0.2) is 0 Å². The van der Waals surface area contributed by atoms with Crippen LogP contribution in [0.15, 0.2) is 109 Å². The van der Waals surface area contributed by atoms with Gasteiger partial charge >= 0.3 is 0 Å². The molecule has 0 fully saturated rings. The minimum absolute atomic E-state index is 0.0735. The van der Waals surface area contributed by atoms with E-state index in [9.17, 15) is 10.2 Å². The first-order valence-electron chi connectivity index (χ1n) is 15.2. The van der Waals surface area contributed by atoms with Crippen LogP contribution in [0.1, 0.15) is 47.2 Å². The smallest absolute Gasteiger partial charge is 0.142 e. The summed E-state index contributed by atoms with van der Waals surface area (Å²) < 4.78 is 0. The fourth-order valence-electron chi connectivity index (χ4n) is 7.32. The quantitative estimate of drug-likeness (QED) is 0.204. The van der Waals surface area contributed by atoms with Crippen molar-refractivity contribution in [1.82, 2.24) is 0 Å². The van der Waals surface area contributed by atoms with Crippen LogP contribution in [0, 0.1) is 0 Å². The zero-order chi connectivity index (χ0) is 31.0. The Morgan fingerprint density at radius 3 is 1.24 bits per heavy atom. The van der Waals surface area contributed by atoms with Gasteiger partial charge in [0, 0.05) is 16.5 Å². The van der Waals surface area contributed by atoms with Gasteiger partial charge in [-0.05, 0) is 104 Å². The van der Waals surface area contributed by atoms with Gasteiger partial charge in [-0.25, -0.2) is 0 Å². The molecule has 0 saturated carbocycles. The Bertz CT molecular complexity index is 2040. The summed E-state index contributed by atoms with van der Waals surface area (Å²) in [6.45, 7) is 4.26. The third-order valence-electron chi connectivity index (χ3n) is 9.85. The molecule has 220 valence electrons. The van der Waals surface area contributed by atoms with E-state index in [0.29, 0.717) is 21.2 Å². The van der Waals surface area contributed by atoms with Crippen molar-refractivity contribution < 1.29 is 10.2 Å². The Kier molecular flexibility index (Phi) is 6.39. The van der Waals surface area contributed by atoms with E-state index < -0.39 is 5.41 Å². The molecule has 0 unspecified atom stereocenters. The number of fused-ring (bicyclic) bond motifs is 6. The summed E-state index contributed by atoms with van der Waals surface area (Å²) in [5.74, 6) is 0.147. The molecular weight excluding hydrogens is 595 g/mol. The number of phenolic OH excluding ortho intramolecular Hbond substituents is 2. The van der Waals surface area contributed by atoms with Crippen LogP contribution in [-0.2, 0) is 18.3 Å². The molecule has 6 aromatic carbocycles. The second-order valence-electron chi connectivity index (χ2n) is 12.7. The lowest BCUT2D eigenvalue weighted by molar-refractivity contribution is 0.476. The molecule has 2 aliphatic rings. The lowest BCUT2D eigenvalue weighted by atomic mass is 9.76. The largest absolute Gasteiger partial charge is 0.506 e. The number of phenols is 2. The summed E-state index contributed by atoms with van der Waals surface area (Å²) in [5.41, 5.74) is 14.5. The Hall–Kier alpha value is -4.50. The Morgan fingerprint density at radius 1 is 0.467 bits per heavy atom. The molecule has 2 N–H and O–H groups in total. The molecule has 0 heterocycles. The van der Waals surface area contributed by atoms with Gasteiger partial charge in [-0.3, -0.25) is 0 Å². The number of halogens is 2. The average molecular weight is 626 g/mol. The molecule has 0 aliphatic heterocycles. The highest BCUT2D eigenvalue weighted by molar-refractivity contribution is 6.33. The third-order valence-corrected chi connectivity index (χ3v) is 10.4. The summed E-state index contributed by atoms with van der Waals surface area (Å²) >= 11 is 13.6. The highest BCUT2D eigenvalue weighted by atomic mass is 35.5. The molecule has 0 spiro atoms. The Morgan fingerprint density at radius 2 is 0.822 bits per heavy atom. The number of hydrogen-bond donors (Lipinski definition) is 2. The summed E-state index contributed by atoms with van der Waals surface area (Å²) in [6, 6.07) is 37.2. The van der Waals surface area contributed by atoms with Gasteiger partial charge in [-0.1, -0.05) is 122 Å². The Balaban J connectivity index is 1.25. The molecule has 0 atom stereocenters. The molecule has 4 heteroatoms. The second-order valence-corrected chi connectivity index (χ2v) is 13.5. The fourth-order valence-corrected chi connectivity index (χ4v) is 7.76. The summed E-state index contributed by atoms with van der Waals surface area (Å²) in [4.78, 5) is 0. The maximum Gasteiger partial charge on any atom is 0.142 e. The third kappa shape index (κ3) is 4.31. The summed E-state index contributed by atoms with van der Waals surface area (Å²) in [6.07, 6.45) is 1.60. The predicted molar refractivity (Wildman–Crippen MR) is 186 cm³/mol. The zero-order valence-corrected chi connectivity index (χ0v) is 26.5. The minimum atomic E-state index is -0.569. The first kappa shape index (κ1) is 28.0. The zero-order valence-electron chi connectivity index (χ0n) is 25.0. The van der Waals surface area contributed by atoms with E-state index in [1.165, 1.54) is 44.5 Å². The van der Waals surface area contributed by atoms with E-state index in [-0.39, 0.29) is 11.5 Å². The molecule has 2 nitrogen and oxygen atoms in total. The van der Waals surface area contributed by atoms with Gasteiger partial charge in [0.05, 0.1) is 10.0 Å². The highest BCUT2D eigenvalue weighted by Crippen LogP contribution is 2.50. The van der Waals surface area contributed by atoms with Crippen LogP contribution in [0.5, 0.6) is 11.5 Å². The van der Waals surface area contributed by atoms with Crippen LogP contribution in [0.3, 0.4) is 0 Å². The van der Waals surface area contributed by atoms with Crippen molar-refractivity contribution in [1.29, 1.82) is 0 Å². The predicted octanol–water partition coefficient (Wildman–Crippen LogP) is 11.2. The maximum atomic E-state index is 11.3. The van der Waals surface area contributed by atoms with Crippen molar-refractivity contribution in [2.45, 2.75) is 32.1 Å². The monoisotopic (exact) mass is 624 g/mol.